The van der Waals surface area contributed by atoms with Crippen LogP contribution in [0.2, 0.25) is 0 Å². The molecule has 1 aliphatic heterocycles. The molecule has 0 bridgehead atoms. The molecule has 1 fully saturated rings. The Morgan fingerprint density at radius 1 is 1.19 bits per heavy atom. The molecule has 1 saturated heterocycles. The number of nitrogens with zero attached hydrogens (tertiary/aromatic N) is 2. The van der Waals surface area contributed by atoms with Crippen molar-refractivity contribution in [3.05, 3.63) is 11.9 Å². The average molecular weight is 294 g/mol. The highest BCUT2D eigenvalue weighted by Crippen LogP contribution is 2.25. The van der Waals surface area contributed by atoms with Gasteiger partial charge in [0.2, 0.25) is 0 Å². The van der Waals surface area contributed by atoms with Gasteiger partial charge in [0.1, 0.15) is 18.0 Å². The lowest BCUT2D eigenvalue weighted by molar-refractivity contribution is -0.0543. The average Bonchev–Trinajstić information content (AvgIpc) is 2.49. The molecule has 0 aliphatic carbocycles. The highest BCUT2D eigenvalue weighted by atomic mass is 16.5. The Kier molecular flexibility index (Phi) is 5.76. The predicted octanol–water partition coefficient (Wildman–Crippen LogP) is 1.81. The quantitative estimate of drug-likeness (QED) is 0.712. The van der Waals surface area contributed by atoms with Gasteiger partial charge in [0.15, 0.2) is 0 Å². The van der Waals surface area contributed by atoms with Crippen molar-refractivity contribution in [3.8, 4) is 0 Å². The van der Waals surface area contributed by atoms with Crippen LogP contribution in [0.5, 0.6) is 0 Å². The van der Waals surface area contributed by atoms with Gasteiger partial charge in [-0.25, -0.2) is 9.97 Å². The molecule has 2 heterocycles. The lowest BCUT2D eigenvalue weighted by Crippen LogP contribution is -2.42. The van der Waals surface area contributed by atoms with Crippen molar-refractivity contribution in [1.29, 1.82) is 0 Å². The summed E-state index contributed by atoms with van der Waals surface area (Å²) >= 11 is 0. The van der Waals surface area contributed by atoms with Crippen LogP contribution < -0.4 is 10.6 Å². The van der Waals surface area contributed by atoms with Crippen LogP contribution in [-0.2, 0) is 11.2 Å². The first-order chi connectivity index (χ1) is 10.2. The summed E-state index contributed by atoms with van der Waals surface area (Å²) in [7, 11) is 0. The SMILES string of the molecule is CCCc1c(NCC)ncnc1NCC1(O)CCOCC1. The number of rotatable bonds is 7. The molecule has 6 nitrogen and oxygen atoms in total. The molecule has 6 heteroatoms. The van der Waals surface area contributed by atoms with Crippen molar-refractivity contribution in [1.82, 2.24) is 9.97 Å². The highest BCUT2D eigenvalue weighted by molar-refractivity contribution is 5.57. The first-order valence-corrected chi connectivity index (χ1v) is 7.80. The summed E-state index contributed by atoms with van der Waals surface area (Å²) in [5.74, 6) is 1.71. The Morgan fingerprint density at radius 2 is 1.86 bits per heavy atom. The normalized spacial score (nSPS) is 17.5. The molecule has 0 spiro atoms. The Bertz CT molecular complexity index is 447. The predicted molar refractivity (Wildman–Crippen MR) is 83.7 cm³/mol. The number of aromatic nitrogens is 2. The zero-order chi connectivity index (χ0) is 15.1. The van der Waals surface area contributed by atoms with Crippen molar-refractivity contribution < 1.29 is 9.84 Å². The van der Waals surface area contributed by atoms with E-state index in [4.69, 9.17) is 4.74 Å². The van der Waals surface area contributed by atoms with Gasteiger partial charge in [0.25, 0.3) is 0 Å². The summed E-state index contributed by atoms with van der Waals surface area (Å²) in [5, 5.41) is 17.1. The van der Waals surface area contributed by atoms with Gasteiger partial charge in [0.05, 0.1) is 5.60 Å². The summed E-state index contributed by atoms with van der Waals surface area (Å²) < 4.78 is 5.31. The van der Waals surface area contributed by atoms with E-state index in [1.165, 1.54) is 0 Å². The van der Waals surface area contributed by atoms with Crippen molar-refractivity contribution in [2.75, 3.05) is 36.9 Å². The molecule has 0 aromatic carbocycles. The van der Waals surface area contributed by atoms with E-state index in [1.807, 2.05) is 0 Å². The minimum Gasteiger partial charge on any atom is -0.388 e. The second-order valence-corrected chi connectivity index (χ2v) is 5.52. The maximum absolute atomic E-state index is 10.5. The van der Waals surface area contributed by atoms with Crippen LogP contribution in [0.1, 0.15) is 38.7 Å². The van der Waals surface area contributed by atoms with Gasteiger partial charge < -0.3 is 20.5 Å². The zero-order valence-corrected chi connectivity index (χ0v) is 13.0. The van der Waals surface area contributed by atoms with Crippen LogP contribution in [-0.4, -0.2) is 47.0 Å². The van der Waals surface area contributed by atoms with Crippen LogP contribution in [0.3, 0.4) is 0 Å². The van der Waals surface area contributed by atoms with E-state index in [0.717, 1.165) is 36.6 Å². The fraction of sp³-hybridized carbons (Fsp3) is 0.733. The molecule has 0 saturated carbocycles. The van der Waals surface area contributed by atoms with Gasteiger partial charge in [0, 0.05) is 44.7 Å². The zero-order valence-electron chi connectivity index (χ0n) is 13.0. The number of anilines is 2. The molecule has 3 N–H and O–H groups in total. The van der Waals surface area contributed by atoms with E-state index in [1.54, 1.807) is 6.33 Å². The van der Waals surface area contributed by atoms with Crippen molar-refractivity contribution in [3.63, 3.8) is 0 Å². The number of ether oxygens (including phenoxy) is 1. The standard InChI is InChI=1S/C15H26N4O2/c1-3-5-12-13(16-4-2)18-11-19-14(12)17-10-15(20)6-8-21-9-7-15/h11,20H,3-10H2,1-2H3,(H2,16,17,18,19). The largest absolute Gasteiger partial charge is 0.388 e. The fourth-order valence-corrected chi connectivity index (χ4v) is 2.55. The molecule has 118 valence electrons. The molecular weight excluding hydrogens is 268 g/mol. The Hall–Kier alpha value is -1.40. The molecule has 0 radical (unpaired) electrons. The summed E-state index contributed by atoms with van der Waals surface area (Å²) in [6, 6.07) is 0. The van der Waals surface area contributed by atoms with Crippen LogP contribution >= 0.6 is 0 Å². The second-order valence-electron chi connectivity index (χ2n) is 5.52. The maximum atomic E-state index is 10.5. The fourth-order valence-electron chi connectivity index (χ4n) is 2.55. The van der Waals surface area contributed by atoms with Crippen LogP contribution in [0.4, 0.5) is 11.6 Å². The summed E-state index contributed by atoms with van der Waals surface area (Å²) in [5.41, 5.74) is 0.392. The molecule has 0 unspecified atom stereocenters. The minimum absolute atomic E-state index is 0.496. The Morgan fingerprint density at radius 3 is 2.48 bits per heavy atom. The monoisotopic (exact) mass is 294 g/mol. The molecule has 0 amide bonds. The number of hydrogen-bond acceptors (Lipinski definition) is 6. The van der Waals surface area contributed by atoms with Crippen molar-refractivity contribution in [2.24, 2.45) is 0 Å². The lowest BCUT2D eigenvalue weighted by Gasteiger charge is -2.32. The molecule has 0 atom stereocenters. The third-order valence-corrected chi connectivity index (χ3v) is 3.80. The number of nitrogens with one attached hydrogen (secondary N) is 2. The van der Waals surface area contributed by atoms with Crippen molar-refractivity contribution >= 4 is 11.6 Å². The van der Waals surface area contributed by atoms with Gasteiger partial charge in [-0.2, -0.15) is 0 Å². The highest BCUT2D eigenvalue weighted by Gasteiger charge is 2.29. The third-order valence-electron chi connectivity index (χ3n) is 3.80. The van der Waals surface area contributed by atoms with Crippen LogP contribution in [0.25, 0.3) is 0 Å². The summed E-state index contributed by atoms with van der Waals surface area (Å²) in [6.45, 7) is 6.75. The van der Waals surface area contributed by atoms with E-state index in [9.17, 15) is 5.11 Å². The second kappa shape index (κ2) is 7.56. The number of aliphatic hydroxyl groups is 1. The van der Waals surface area contributed by atoms with E-state index in [2.05, 4.69) is 34.4 Å². The summed E-state index contributed by atoms with van der Waals surface area (Å²) in [4.78, 5) is 8.67. The molecule has 1 aromatic heterocycles. The van der Waals surface area contributed by atoms with E-state index in [0.29, 0.717) is 32.6 Å². The lowest BCUT2D eigenvalue weighted by atomic mass is 9.94. The first kappa shape index (κ1) is 16.0. The van der Waals surface area contributed by atoms with Crippen molar-refractivity contribution in [2.45, 2.75) is 45.1 Å². The van der Waals surface area contributed by atoms with E-state index in [-0.39, 0.29) is 0 Å². The van der Waals surface area contributed by atoms with E-state index >= 15 is 0 Å². The third kappa shape index (κ3) is 4.28. The maximum Gasteiger partial charge on any atom is 0.134 e. The van der Waals surface area contributed by atoms with Gasteiger partial charge >= 0.3 is 0 Å². The van der Waals surface area contributed by atoms with Crippen LogP contribution in [0.15, 0.2) is 6.33 Å². The Labute approximate surface area is 126 Å². The first-order valence-electron chi connectivity index (χ1n) is 7.80. The van der Waals surface area contributed by atoms with Crippen LogP contribution in [0, 0.1) is 0 Å². The van der Waals surface area contributed by atoms with Gasteiger partial charge in [-0.1, -0.05) is 13.3 Å². The topological polar surface area (TPSA) is 79.3 Å². The minimum atomic E-state index is -0.703. The Balaban J connectivity index is 2.09. The molecule has 1 aliphatic rings. The number of hydrogen-bond donors (Lipinski definition) is 3. The molecule has 1 aromatic rings. The molecule has 2 rings (SSSR count). The van der Waals surface area contributed by atoms with Gasteiger partial charge in [-0.15, -0.1) is 0 Å². The van der Waals surface area contributed by atoms with E-state index < -0.39 is 5.60 Å². The van der Waals surface area contributed by atoms with Gasteiger partial charge in [-0.05, 0) is 13.3 Å². The van der Waals surface area contributed by atoms with Gasteiger partial charge in [-0.3, -0.25) is 0 Å². The molecule has 21 heavy (non-hydrogen) atoms. The smallest absolute Gasteiger partial charge is 0.134 e. The summed E-state index contributed by atoms with van der Waals surface area (Å²) in [6.07, 6.45) is 4.82. The molecular formula is C15H26N4O2.